The SMILES string of the molecule is CCCCN(Cc1cc(CNC(C)(C)C)co1)C(C)CC. The molecule has 21 heavy (non-hydrogen) atoms. The molecule has 1 atom stereocenters. The molecule has 0 amide bonds. The van der Waals surface area contributed by atoms with Gasteiger partial charge in [0, 0.05) is 23.7 Å². The van der Waals surface area contributed by atoms with Gasteiger partial charge in [0.15, 0.2) is 0 Å². The zero-order valence-corrected chi connectivity index (χ0v) is 14.8. The molecule has 0 spiro atoms. The number of rotatable bonds is 9. The molecule has 122 valence electrons. The van der Waals surface area contributed by atoms with Crippen LogP contribution in [-0.2, 0) is 13.1 Å². The Bertz CT molecular complexity index is 392. The van der Waals surface area contributed by atoms with Crippen molar-refractivity contribution >= 4 is 0 Å². The number of furan rings is 1. The van der Waals surface area contributed by atoms with Gasteiger partial charge in [0.25, 0.3) is 0 Å². The summed E-state index contributed by atoms with van der Waals surface area (Å²) in [5.74, 6) is 1.08. The van der Waals surface area contributed by atoms with Crippen molar-refractivity contribution in [2.75, 3.05) is 6.54 Å². The first-order valence-electron chi connectivity index (χ1n) is 8.41. The van der Waals surface area contributed by atoms with Crippen molar-refractivity contribution < 1.29 is 4.42 Å². The average molecular weight is 294 g/mol. The van der Waals surface area contributed by atoms with Gasteiger partial charge in [-0.1, -0.05) is 20.3 Å². The molecule has 1 N–H and O–H groups in total. The van der Waals surface area contributed by atoms with Gasteiger partial charge < -0.3 is 9.73 Å². The fourth-order valence-electron chi connectivity index (χ4n) is 2.24. The predicted octanol–water partition coefficient (Wildman–Crippen LogP) is 4.57. The minimum atomic E-state index is 0.140. The molecule has 1 aromatic rings. The highest BCUT2D eigenvalue weighted by atomic mass is 16.3. The lowest BCUT2D eigenvalue weighted by Crippen LogP contribution is -2.35. The first-order chi connectivity index (χ1) is 9.85. The average Bonchev–Trinajstić information content (AvgIpc) is 2.87. The highest BCUT2D eigenvalue weighted by Crippen LogP contribution is 2.15. The topological polar surface area (TPSA) is 28.4 Å². The van der Waals surface area contributed by atoms with Crippen molar-refractivity contribution in [2.45, 2.75) is 85.5 Å². The Kier molecular flexibility index (Phi) is 7.47. The second-order valence-electron chi connectivity index (χ2n) is 7.11. The van der Waals surface area contributed by atoms with Gasteiger partial charge in [-0.2, -0.15) is 0 Å². The molecule has 0 aromatic carbocycles. The fourth-order valence-corrected chi connectivity index (χ4v) is 2.24. The molecule has 1 heterocycles. The van der Waals surface area contributed by atoms with E-state index in [0.717, 1.165) is 25.4 Å². The third kappa shape index (κ3) is 7.14. The van der Waals surface area contributed by atoms with Crippen LogP contribution >= 0.6 is 0 Å². The maximum Gasteiger partial charge on any atom is 0.118 e. The molecule has 0 aliphatic carbocycles. The summed E-state index contributed by atoms with van der Waals surface area (Å²) in [6, 6.07) is 2.80. The highest BCUT2D eigenvalue weighted by molar-refractivity contribution is 5.13. The largest absolute Gasteiger partial charge is 0.468 e. The predicted molar refractivity (Wildman–Crippen MR) is 90.4 cm³/mol. The summed E-state index contributed by atoms with van der Waals surface area (Å²) >= 11 is 0. The minimum Gasteiger partial charge on any atom is -0.468 e. The van der Waals surface area contributed by atoms with E-state index in [4.69, 9.17) is 4.42 Å². The molecule has 0 saturated carbocycles. The van der Waals surface area contributed by atoms with Gasteiger partial charge >= 0.3 is 0 Å². The van der Waals surface area contributed by atoms with Crippen LogP contribution in [0.25, 0.3) is 0 Å². The third-order valence-corrected chi connectivity index (χ3v) is 3.90. The molecule has 3 nitrogen and oxygen atoms in total. The molecule has 0 aliphatic rings. The standard InChI is InChI=1S/C18H34N2O/c1-7-9-10-20(15(3)8-2)13-17-11-16(14-21-17)12-19-18(4,5)6/h11,14-15,19H,7-10,12-13H2,1-6H3. The van der Waals surface area contributed by atoms with Crippen molar-refractivity contribution in [3.8, 4) is 0 Å². The van der Waals surface area contributed by atoms with Crippen LogP contribution in [-0.4, -0.2) is 23.0 Å². The zero-order chi connectivity index (χ0) is 15.9. The van der Waals surface area contributed by atoms with Crippen LogP contribution < -0.4 is 5.32 Å². The Labute approximate surface area is 131 Å². The lowest BCUT2D eigenvalue weighted by molar-refractivity contribution is 0.178. The van der Waals surface area contributed by atoms with Crippen LogP contribution in [0.1, 0.15) is 72.1 Å². The van der Waals surface area contributed by atoms with Crippen molar-refractivity contribution in [3.05, 3.63) is 23.7 Å². The number of hydrogen-bond donors (Lipinski definition) is 1. The van der Waals surface area contributed by atoms with Crippen LogP contribution in [0.4, 0.5) is 0 Å². The van der Waals surface area contributed by atoms with Crippen LogP contribution in [0.2, 0.25) is 0 Å². The molecule has 0 saturated heterocycles. The molecule has 1 aromatic heterocycles. The fraction of sp³-hybridized carbons (Fsp3) is 0.778. The summed E-state index contributed by atoms with van der Waals surface area (Å²) in [6.45, 7) is 16.3. The Morgan fingerprint density at radius 3 is 2.57 bits per heavy atom. The first kappa shape index (κ1) is 18.2. The number of unbranched alkanes of at least 4 members (excludes halogenated alkanes) is 1. The molecule has 0 fully saturated rings. The van der Waals surface area contributed by atoms with E-state index in [-0.39, 0.29) is 5.54 Å². The van der Waals surface area contributed by atoms with Gasteiger partial charge in [0.05, 0.1) is 12.8 Å². The summed E-state index contributed by atoms with van der Waals surface area (Å²) in [7, 11) is 0. The summed E-state index contributed by atoms with van der Waals surface area (Å²) in [6.07, 6.45) is 5.57. The second kappa shape index (κ2) is 8.60. The quantitative estimate of drug-likeness (QED) is 0.723. The van der Waals surface area contributed by atoms with Gasteiger partial charge in [-0.05, 0) is 53.1 Å². The van der Waals surface area contributed by atoms with Crippen molar-refractivity contribution in [1.82, 2.24) is 10.2 Å². The second-order valence-corrected chi connectivity index (χ2v) is 7.11. The van der Waals surface area contributed by atoms with Crippen molar-refractivity contribution in [3.63, 3.8) is 0 Å². The highest BCUT2D eigenvalue weighted by Gasteiger charge is 2.15. The summed E-state index contributed by atoms with van der Waals surface area (Å²) in [5, 5.41) is 3.50. The monoisotopic (exact) mass is 294 g/mol. The zero-order valence-electron chi connectivity index (χ0n) is 14.8. The van der Waals surface area contributed by atoms with Crippen LogP contribution in [0, 0.1) is 0 Å². The Balaban J connectivity index is 2.57. The Morgan fingerprint density at radius 1 is 1.29 bits per heavy atom. The normalized spacial score (nSPS) is 13.9. The van der Waals surface area contributed by atoms with E-state index in [2.05, 4.69) is 57.8 Å². The number of hydrogen-bond acceptors (Lipinski definition) is 3. The van der Waals surface area contributed by atoms with E-state index in [1.807, 2.05) is 6.26 Å². The maximum atomic E-state index is 5.75. The molecule has 1 unspecified atom stereocenters. The number of nitrogens with zero attached hydrogens (tertiary/aromatic N) is 1. The molecule has 0 aliphatic heterocycles. The summed E-state index contributed by atoms with van der Waals surface area (Å²) < 4.78 is 5.75. The van der Waals surface area contributed by atoms with E-state index in [9.17, 15) is 0 Å². The molecule has 1 rings (SSSR count). The smallest absolute Gasteiger partial charge is 0.118 e. The van der Waals surface area contributed by atoms with E-state index in [1.54, 1.807) is 0 Å². The van der Waals surface area contributed by atoms with E-state index in [0.29, 0.717) is 6.04 Å². The lowest BCUT2D eigenvalue weighted by Gasteiger charge is -2.27. The van der Waals surface area contributed by atoms with Gasteiger partial charge in [-0.25, -0.2) is 0 Å². The van der Waals surface area contributed by atoms with E-state index < -0.39 is 0 Å². The summed E-state index contributed by atoms with van der Waals surface area (Å²) in [4.78, 5) is 2.53. The van der Waals surface area contributed by atoms with Gasteiger partial charge in [0.1, 0.15) is 5.76 Å². The third-order valence-electron chi connectivity index (χ3n) is 3.90. The van der Waals surface area contributed by atoms with Gasteiger partial charge in [0.2, 0.25) is 0 Å². The Morgan fingerprint density at radius 2 is 2.00 bits per heavy atom. The minimum absolute atomic E-state index is 0.140. The maximum absolute atomic E-state index is 5.75. The van der Waals surface area contributed by atoms with Gasteiger partial charge in [-0.15, -0.1) is 0 Å². The number of nitrogens with one attached hydrogen (secondary N) is 1. The Hall–Kier alpha value is -0.800. The lowest BCUT2D eigenvalue weighted by atomic mass is 10.1. The molecule has 3 heteroatoms. The van der Waals surface area contributed by atoms with Gasteiger partial charge in [-0.3, -0.25) is 4.90 Å². The van der Waals surface area contributed by atoms with Crippen LogP contribution in [0.5, 0.6) is 0 Å². The molecular formula is C18H34N2O. The van der Waals surface area contributed by atoms with E-state index >= 15 is 0 Å². The van der Waals surface area contributed by atoms with E-state index in [1.165, 1.54) is 24.8 Å². The molecule has 0 radical (unpaired) electrons. The summed E-state index contributed by atoms with van der Waals surface area (Å²) in [5.41, 5.74) is 1.38. The first-order valence-corrected chi connectivity index (χ1v) is 8.41. The molecule has 0 bridgehead atoms. The van der Waals surface area contributed by atoms with Crippen molar-refractivity contribution in [1.29, 1.82) is 0 Å². The van der Waals surface area contributed by atoms with Crippen molar-refractivity contribution in [2.24, 2.45) is 0 Å². The molecular weight excluding hydrogens is 260 g/mol. The van der Waals surface area contributed by atoms with Crippen LogP contribution in [0.3, 0.4) is 0 Å². The van der Waals surface area contributed by atoms with Crippen LogP contribution in [0.15, 0.2) is 16.7 Å².